The van der Waals surface area contributed by atoms with E-state index in [4.69, 9.17) is 30.8 Å². The van der Waals surface area contributed by atoms with Gasteiger partial charge in [0.2, 0.25) is 0 Å². The van der Waals surface area contributed by atoms with Gasteiger partial charge in [-0.3, -0.25) is 4.90 Å². The summed E-state index contributed by atoms with van der Waals surface area (Å²) < 4.78 is 34.8. The molecule has 3 aliphatic heterocycles. The molecule has 0 saturated carbocycles. The zero-order chi connectivity index (χ0) is 29.6. The third-order valence-corrected chi connectivity index (χ3v) is 8.78. The van der Waals surface area contributed by atoms with Crippen LogP contribution in [0.25, 0.3) is 0 Å². The van der Waals surface area contributed by atoms with Gasteiger partial charge >= 0.3 is 18.9 Å². The number of likely N-dealkylation sites (tertiary alicyclic amines) is 1. The molecule has 4 heterocycles. The number of hydrogen-bond acceptors (Lipinski definition) is 8. The number of carbonyl (C=O) groups excluding carboxylic acids is 1. The Morgan fingerprint density at radius 1 is 1.23 bits per heavy atom. The van der Waals surface area contributed by atoms with Crippen molar-refractivity contribution in [1.82, 2.24) is 14.5 Å². The molecular weight excluding hydrogens is 572 g/mol. The summed E-state index contributed by atoms with van der Waals surface area (Å²) in [7, 11) is 0. The van der Waals surface area contributed by atoms with Gasteiger partial charge < -0.3 is 33.8 Å². The second-order valence-corrected chi connectivity index (χ2v) is 11.9. The molecule has 1 N–H and O–H groups in total. The van der Waals surface area contributed by atoms with Crippen molar-refractivity contribution in [3.05, 3.63) is 75.6 Å². The van der Waals surface area contributed by atoms with E-state index in [1.807, 2.05) is 22.8 Å². The number of carboxylic acids is 1. The van der Waals surface area contributed by atoms with Crippen molar-refractivity contribution in [3.8, 4) is 11.5 Å². The predicted molar refractivity (Wildman–Crippen MR) is 150 cm³/mol. The van der Waals surface area contributed by atoms with Gasteiger partial charge in [-0.1, -0.05) is 23.7 Å². The van der Waals surface area contributed by atoms with Gasteiger partial charge in [0, 0.05) is 36.5 Å². The van der Waals surface area contributed by atoms with Crippen molar-refractivity contribution in [2.45, 2.75) is 76.5 Å². The van der Waals surface area contributed by atoms with Gasteiger partial charge in [-0.25, -0.2) is 9.37 Å². The van der Waals surface area contributed by atoms with Crippen LogP contribution in [0, 0.1) is 12.7 Å². The molecule has 224 valence electrons. The number of aliphatic carboxylic acids is 1. The first-order valence-electron chi connectivity index (χ1n) is 14.4. The first kappa shape index (κ1) is 31.8. The molecule has 43 heavy (non-hydrogen) atoms. The van der Waals surface area contributed by atoms with Crippen LogP contribution in [0.2, 0.25) is 5.02 Å². The average Bonchev–Trinajstić information content (AvgIpc) is 3.41. The number of aliphatic hydroxyl groups is 1. The van der Waals surface area contributed by atoms with E-state index in [1.165, 1.54) is 6.07 Å². The number of benzene rings is 2. The summed E-state index contributed by atoms with van der Waals surface area (Å²) in [6.45, 7) is 6.91. The van der Waals surface area contributed by atoms with Crippen LogP contribution in [-0.4, -0.2) is 51.3 Å². The minimum absolute atomic E-state index is 0. The van der Waals surface area contributed by atoms with E-state index in [9.17, 15) is 19.4 Å². The smallest absolute Gasteiger partial charge is 0.550 e. The van der Waals surface area contributed by atoms with Crippen LogP contribution >= 0.6 is 11.6 Å². The van der Waals surface area contributed by atoms with Crippen molar-refractivity contribution in [1.29, 1.82) is 0 Å². The molecule has 1 unspecified atom stereocenters. The Balaban J connectivity index is 0.00000368. The van der Waals surface area contributed by atoms with Gasteiger partial charge in [0.25, 0.3) is 5.79 Å². The summed E-state index contributed by atoms with van der Waals surface area (Å²) in [5.41, 5.74) is 2.45. The summed E-state index contributed by atoms with van der Waals surface area (Å²) in [5, 5.41) is 22.2. The fourth-order valence-corrected chi connectivity index (χ4v) is 6.48. The van der Waals surface area contributed by atoms with Gasteiger partial charge in [-0.15, -0.1) is 0 Å². The maximum atomic E-state index is 14.8. The van der Waals surface area contributed by atoms with E-state index >= 15 is 0 Å². The SMILES string of the molecule is Cc1nc(CN2CCC(c3cccc4c3O[C@@](C)(c3ccc(Cl)cc3F)O4)CC2)n(C[C@@H]2CCO2)c1C(O)CC(=O)[O-].[Li+]. The van der Waals surface area contributed by atoms with Gasteiger partial charge in [0.1, 0.15) is 17.7 Å². The number of piperidine rings is 1. The Bertz CT molecular complexity index is 1490. The zero-order valence-electron chi connectivity index (χ0n) is 24.6. The standard InChI is InChI=1S/C31H35ClFN3O6.Li/c1-18-29(25(37)15-28(38)39)36(16-21-10-13-40-21)27(34-18)17-35-11-8-19(9-12-35)22-4-3-5-26-30(22)42-31(2,41-26)23-7-6-20(32)14-24(23)33;/h3-7,14,19,21,25,37H,8-13,15-17H2,1-2H3,(H,38,39);/q;+1/p-1/t21-,25?,31-;/m0./s1. The Morgan fingerprint density at radius 2 is 1.98 bits per heavy atom. The quantitative estimate of drug-likeness (QED) is 0.360. The number of carboxylic acid groups (broad SMARTS) is 1. The number of carbonyl (C=O) groups is 1. The minimum atomic E-state index is -1.31. The molecule has 0 bridgehead atoms. The molecule has 12 heteroatoms. The number of aliphatic hydroxyl groups excluding tert-OH is 1. The first-order chi connectivity index (χ1) is 20.1. The number of fused-ring (bicyclic) bond motifs is 1. The second-order valence-electron chi connectivity index (χ2n) is 11.5. The van der Waals surface area contributed by atoms with Crippen molar-refractivity contribution in [2.75, 3.05) is 19.7 Å². The average molecular weight is 606 g/mol. The zero-order valence-corrected chi connectivity index (χ0v) is 25.4. The Hall–Kier alpha value is -2.58. The van der Waals surface area contributed by atoms with E-state index in [0.717, 1.165) is 43.7 Å². The van der Waals surface area contributed by atoms with Crippen LogP contribution in [0.4, 0.5) is 4.39 Å². The van der Waals surface area contributed by atoms with Gasteiger partial charge in [0.05, 0.1) is 36.1 Å². The third kappa shape index (κ3) is 6.46. The van der Waals surface area contributed by atoms with E-state index < -0.39 is 30.1 Å². The second kappa shape index (κ2) is 12.8. The third-order valence-electron chi connectivity index (χ3n) is 8.55. The molecule has 0 spiro atoms. The van der Waals surface area contributed by atoms with Gasteiger partial charge in [-0.2, -0.15) is 0 Å². The number of halogens is 2. The molecule has 3 aromatic rings. The molecule has 3 aliphatic rings. The Kier molecular flexibility index (Phi) is 9.47. The van der Waals surface area contributed by atoms with E-state index in [2.05, 4.69) is 4.90 Å². The molecule has 2 aromatic carbocycles. The fourth-order valence-electron chi connectivity index (χ4n) is 6.32. The maximum Gasteiger partial charge on any atom is 1.00 e. The van der Waals surface area contributed by atoms with Crippen molar-refractivity contribution in [3.63, 3.8) is 0 Å². The van der Waals surface area contributed by atoms with Crippen molar-refractivity contribution < 1.29 is 52.5 Å². The predicted octanol–water partition coefficient (Wildman–Crippen LogP) is 0.974. The van der Waals surface area contributed by atoms with Crippen LogP contribution in [0.1, 0.15) is 73.0 Å². The normalized spacial score (nSPS) is 22.6. The molecule has 3 atom stereocenters. The number of para-hydroxylation sites is 1. The number of rotatable bonds is 9. The molecule has 0 amide bonds. The number of ether oxygens (including phenoxy) is 3. The van der Waals surface area contributed by atoms with Crippen LogP contribution in [0.15, 0.2) is 36.4 Å². The van der Waals surface area contributed by atoms with Crippen molar-refractivity contribution in [2.24, 2.45) is 0 Å². The molecule has 6 rings (SSSR count). The number of aryl methyl sites for hydroxylation is 1. The monoisotopic (exact) mass is 605 g/mol. The first-order valence-corrected chi connectivity index (χ1v) is 14.7. The number of imidazole rings is 1. The summed E-state index contributed by atoms with van der Waals surface area (Å²) in [6.07, 6.45) is 0.992. The molecule has 2 saturated heterocycles. The molecular formula is C31H34ClFLiN3O6. The maximum absolute atomic E-state index is 14.8. The molecule has 9 nitrogen and oxygen atoms in total. The Labute approximate surface area is 267 Å². The number of hydrogen-bond donors (Lipinski definition) is 1. The van der Waals surface area contributed by atoms with Crippen LogP contribution in [-0.2, 0) is 28.4 Å². The largest absolute Gasteiger partial charge is 1.00 e. The summed E-state index contributed by atoms with van der Waals surface area (Å²) in [4.78, 5) is 18.3. The Morgan fingerprint density at radius 3 is 2.63 bits per heavy atom. The number of aromatic nitrogens is 2. The summed E-state index contributed by atoms with van der Waals surface area (Å²) in [5.74, 6) is -0.851. The summed E-state index contributed by atoms with van der Waals surface area (Å²) >= 11 is 5.96. The molecule has 0 radical (unpaired) electrons. The van der Waals surface area contributed by atoms with Crippen LogP contribution in [0.5, 0.6) is 11.5 Å². The van der Waals surface area contributed by atoms with E-state index in [1.54, 1.807) is 26.0 Å². The minimum Gasteiger partial charge on any atom is -0.550 e. The van der Waals surface area contributed by atoms with Crippen LogP contribution in [0.3, 0.4) is 0 Å². The molecule has 0 aliphatic carbocycles. The fraction of sp³-hybridized carbons (Fsp3) is 0.484. The number of nitrogens with zero attached hydrogens (tertiary/aromatic N) is 3. The van der Waals surface area contributed by atoms with Gasteiger partial charge in [-0.05, 0) is 69.5 Å². The summed E-state index contributed by atoms with van der Waals surface area (Å²) in [6, 6.07) is 10.3. The molecule has 2 fully saturated rings. The van der Waals surface area contributed by atoms with E-state index in [-0.39, 0.29) is 36.4 Å². The van der Waals surface area contributed by atoms with Gasteiger partial charge in [0.15, 0.2) is 11.5 Å². The molecule has 1 aromatic heterocycles. The van der Waals surface area contributed by atoms with Crippen molar-refractivity contribution >= 4 is 17.6 Å². The van der Waals surface area contributed by atoms with E-state index in [0.29, 0.717) is 47.6 Å². The van der Waals surface area contributed by atoms with Crippen LogP contribution < -0.4 is 33.4 Å². The topological polar surface area (TPSA) is 109 Å².